The van der Waals surface area contributed by atoms with Crippen molar-refractivity contribution >= 4 is 11.8 Å². The SMILES string of the molecule is CC(C)C(=O)N1CCN(CCc2ccccc2)C(C(N)=O)C1. The van der Waals surface area contributed by atoms with E-state index in [1.54, 1.807) is 4.90 Å². The van der Waals surface area contributed by atoms with E-state index in [9.17, 15) is 9.59 Å². The summed E-state index contributed by atoms with van der Waals surface area (Å²) in [5, 5.41) is 0. The fraction of sp³-hybridized carbons (Fsp3) is 0.529. The Morgan fingerprint density at radius 2 is 1.91 bits per heavy atom. The first-order chi connectivity index (χ1) is 10.5. The van der Waals surface area contributed by atoms with Gasteiger partial charge in [-0.15, -0.1) is 0 Å². The minimum Gasteiger partial charge on any atom is -0.368 e. The Balaban J connectivity index is 1.97. The highest BCUT2D eigenvalue weighted by molar-refractivity contribution is 5.83. The van der Waals surface area contributed by atoms with E-state index in [1.165, 1.54) is 5.56 Å². The largest absolute Gasteiger partial charge is 0.368 e. The Labute approximate surface area is 132 Å². The molecule has 1 unspecified atom stereocenters. The van der Waals surface area contributed by atoms with Gasteiger partial charge in [0.2, 0.25) is 11.8 Å². The third-order valence-corrected chi connectivity index (χ3v) is 4.16. The fourth-order valence-corrected chi connectivity index (χ4v) is 2.84. The molecule has 1 atom stereocenters. The van der Waals surface area contributed by atoms with Crippen LogP contribution in [-0.4, -0.2) is 53.8 Å². The van der Waals surface area contributed by atoms with Gasteiger partial charge in [0.15, 0.2) is 0 Å². The van der Waals surface area contributed by atoms with Crippen molar-refractivity contribution in [2.45, 2.75) is 26.3 Å². The summed E-state index contributed by atoms with van der Waals surface area (Å²) in [6.45, 7) is 6.30. The predicted octanol–water partition coefficient (Wildman–Crippen LogP) is 0.883. The lowest BCUT2D eigenvalue weighted by molar-refractivity contribution is -0.139. The van der Waals surface area contributed by atoms with Gasteiger partial charge in [-0.1, -0.05) is 44.2 Å². The maximum absolute atomic E-state index is 12.1. The molecule has 1 fully saturated rings. The van der Waals surface area contributed by atoms with Gasteiger partial charge in [-0.3, -0.25) is 14.5 Å². The second-order valence-corrected chi connectivity index (χ2v) is 6.13. The van der Waals surface area contributed by atoms with Crippen LogP contribution in [0.1, 0.15) is 19.4 Å². The third kappa shape index (κ3) is 4.07. The number of carbonyl (C=O) groups is 2. The number of benzene rings is 1. The Kier molecular flexibility index (Phi) is 5.55. The second kappa shape index (κ2) is 7.40. The average Bonchev–Trinajstić information content (AvgIpc) is 2.52. The summed E-state index contributed by atoms with van der Waals surface area (Å²) in [4.78, 5) is 27.7. The van der Waals surface area contributed by atoms with E-state index in [4.69, 9.17) is 5.73 Å². The topological polar surface area (TPSA) is 66.6 Å². The van der Waals surface area contributed by atoms with Crippen molar-refractivity contribution in [2.75, 3.05) is 26.2 Å². The van der Waals surface area contributed by atoms with Crippen LogP contribution in [0.15, 0.2) is 30.3 Å². The summed E-state index contributed by atoms with van der Waals surface area (Å²) in [7, 11) is 0. The number of piperazine rings is 1. The first-order valence-corrected chi connectivity index (χ1v) is 7.85. The van der Waals surface area contributed by atoms with Crippen molar-refractivity contribution in [1.29, 1.82) is 0 Å². The van der Waals surface area contributed by atoms with Gasteiger partial charge >= 0.3 is 0 Å². The average molecular weight is 303 g/mol. The highest BCUT2D eigenvalue weighted by Gasteiger charge is 2.33. The lowest BCUT2D eigenvalue weighted by atomic mass is 10.1. The number of hydrogen-bond acceptors (Lipinski definition) is 3. The quantitative estimate of drug-likeness (QED) is 0.878. The molecule has 5 nitrogen and oxygen atoms in total. The van der Waals surface area contributed by atoms with Gasteiger partial charge in [-0.2, -0.15) is 0 Å². The van der Waals surface area contributed by atoms with E-state index in [0.29, 0.717) is 19.6 Å². The van der Waals surface area contributed by atoms with E-state index < -0.39 is 0 Å². The molecule has 0 saturated carbocycles. The number of hydrogen-bond donors (Lipinski definition) is 1. The van der Waals surface area contributed by atoms with Crippen LogP contribution < -0.4 is 5.73 Å². The second-order valence-electron chi connectivity index (χ2n) is 6.13. The van der Waals surface area contributed by atoms with Crippen LogP contribution in [0.25, 0.3) is 0 Å². The van der Waals surface area contributed by atoms with Crippen LogP contribution in [0.3, 0.4) is 0 Å². The molecular formula is C17H25N3O2. The molecule has 2 rings (SSSR count). The molecule has 1 aliphatic heterocycles. The Bertz CT molecular complexity index is 516. The Morgan fingerprint density at radius 3 is 2.50 bits per heavy atom. The molecule has 0 bridgehead atoms. The van der Waals surface area contributed by atoms with Crippen molar-refractivity contribution < 1.29 is 9.59 Å². The summed E-state index contributed by atoms with van der Waals surface area (Å²) in [5.74, 6) is -0.312. The van der Waals surface area contributed by atoms with E-state index >= 15 is 0 Å². The van der Waals surface area contributed by atoms with Gasteiger partial charge in [0.05, 0.1) is 0 Å². The molecule has 2 N–H and O–H groups in total. The maximum Gasteiger partial charge on any atom is 0.236 e. The molecule has 120 valence electrons. The molecule has 0 aliphatic carbocycles. The van der Waals surface area contributed by atoms with Gasteiger partial charge in [0, 0.05) is 32.1 Å². The Morgan fingerprint density at radius 1 is 1.23 bits per heavy atom. The van der Waals surface area contributed by atoms with E-state index in [0.717, 1.165) is 13.0 Å². The van der Waals surface area contributed by atoms with Gasteiger partial charge in [-0.05, 0) is 12.0 Å². The lowest BCUT2D eigenvalue weighted by Crippen LogP contribution is -2.60. The highest BCUT2D eigenvalue weighted by atomic mass is 16.2. The van der Waals surface area contributed by atoms with Gasteiger partial charge < -0.3 is 10.6 Å². The van der Waals surface area contributed by atoms with Gasteiger partial charge in [0.1, 0.15) is 6.04 Å². The van der Waals surface area contributed by atoms with Crippen LogP contribution in [0.4, 0.5) is 0 Å². The third-order valence-electron chi connectivity index (χ3n) is 4.16. The maximum atomic E-state index is 12.1. The van der Waals surface area contributed by atoms with Gasteiger partial charge in [0.25, 0.3) is 0 Å². The van der Waals surface area contributed by atoms with Crippen LogP contribution in [-0.2, 0) is 16.0 Å². The molecule has 2 amide bonds. The summed E-state index contributed by atoms with van der Waals surface area (Å²) in [6, 6.07) is 9.79. The number of amides is 2. The highest BCUT2D eigenvalue weighted by Crippen LogP contribution is 2.14. The number of nitrogens with two attached hydrogens (primary N) is 1. The first kappa shape index (κ1) is 16.5. The molecule has 1 saturated heterocycles. The zero-order chi connectivity index (χ0) is 16.1. The molecule has 1 aromatic rings. The smallest absolute Gasteiger partial charge is 0.236 e. The zero-order valence-corrected chi connectivity index (χ0v) is 13.4. The summed E-state index contributed by atoms with van der Waals surface area (Å²) in [6.07, 6.45) is 0.878. The molecule has 22 heavy (non-hydrogen) atoms. The number of carbonyl (C=O) groups excluding carboxylic acids is 2. The molecule has 1 heterocycles. The molecule has 5 heteroatoms. The standard InChI is InChI=1S/C17H25N3O2/c1-13(2)17(22)20-11-10-19(15(12-20)16(18)21)9-8-14-6-4-3-5-7-14/h3-7,13,15H,8-12H2,1-2H3,(H2,18,21). The Hall–Kier alpha value is -1.88. The monoisotopic (exact) mass is 303 g/mol. The first-order valence-electron chi connectivity index (χ1n) is 7.85. The predicted molar refractivity (Wildman–Crippen MR) is 86.1 cm³/mol. The molecular weight excluding hydrogens is 278 g/mol. The summed E-state index contributed by atoms with van der Waals surface area (Å²) >= 11 is 0. The van der Waals surface area contributed by atoms with E-state index in [2.05, 4.69) is 17.0 Å². The van der Waals surface area contributed by atoms with Crippen LogP contribution in [0.5, 0.6) is 0 Å². The van der Waals surface area contributed by atoms with Crippen LogP contribution in [0, 0.1) is 5.92 Å². The number of nitrogens with zero attached hydrogens (tertiary/aromatic N) is 2. The summed E-state index contributed by atoms with van der Waals surface area (Å²) < 4.78 is 0. The minimum absolute atomic E-state index is 0.0515. The molecule has 0 aromatic heterocycles. The molecule has 1 aromatic carbocycles. The minimum atomic E-state index is -0.389. The number of rotatable bonds is 5. The van der Waals surface area contributed by atoms with Crippen molar-refractivity contribution in [1.82, 2.24) is 9.80 Å². The normalized spacial score (nSPS) is 19.4. The fourth-order valence-electron chi connectivity index (χ4n) is 2.84. The van der Waals surface area contributed by atoms with Crippen LogP contribution >= 0.6 is 0 Å². The van der Waals surface area contributed by atoms with E-state index in [-0.39, 0.29) is 23.8 Å². The molecule has 0 spiro atoms. The summed E-state index contributed by atoms with van der Waals surface area (Å²) in [5.41, 5.74) is 6.79. The molecule has 1 aliphatic rings. The molecule has 0 radical (unpaired) electrons. The van der Waals surface area contributed by atoms with Crippen LogP contribution in [0.2, 0.25) is 0 Å². The van der Waals surface area contributed by atoms with Crippen molar-refractivity contribution in [2.24, 2.45) is 11.7 Å². The zero-order valence-electron chi connectivity index (χ0n) is 13.4. The van der Waals surface area contributed by atoms with Crippen molar-refractivity contribution in [3.63, 3.8) is 0 Å². The van der Waals surface area contributed by atoms with Crippen molar-refractivity contribution in [3.8, 4) is 0 Å². The number of primary amides is 1. The van der Waals surface area contributed by atoms with E-state index in [1.807, 2.05) is 32.0 Å². The van der Waals surface area contributed by atoms with Crippen molar-refractivity contribution in [3.05, 3.63) is 35.9 Å². The van der Waals surface area contributed by atoms with Gasteiger partial charge in [-0.25, -0.2) is 0 Å². The lowest BCUT2D eigenvalue weighted by Gasteiger charge is -2.40.